The summed E-state index contributed by atoms with van der Waals surface area (Å²) < 4.78 is 13.8. The van der Waals surface area contributed by atoms with Gasteiger partial charge in [0.15, 0.2) is 4.34 Å². The summed E-state index contributed by atoms with van der Waals surface area (Å²) in [6, 6.07) is 6.27. The molecular weight excluding hydrogens is 267 g/mol. The number of halogens is 1. The molecule has 2 aromatic rings. The van der Waals surface area contributed by atoms with Crippen LogP contribution in [-0.2, 0) is 0 Å². The number of aromatic nitrogens is 1. The summed E-state index contributed by atoms with van der Waals surface area (Å²) in [7, 11) is 0. The molecular formula is C13H15FN2S2. The van der Waals surface area contributed by atoms with Crippen LogP contribution in [-0.4, -0.2) is 10.2 Å². The average Bonchev–Trinajstić information content (AvgIpc) is 2.71. The van der Waals surface area contributed by atoms with Crippen molar-refractivity contribution in [3.05, 3.63) is 30.1 Å². The van der Waals surface area contributed by atoms with Crippen molar-refractivity contribution in [1.29, 1.82) is 0 Å². The van der Waals surface area contributed by atoms with Crippen LogP contribution in [0, 0.1) is 5.82 Å². The Kier molecular flexibility index (Phi) is 4.24. The van der Waals surface area contributed by atoms with Gasteiger partial charge < -0.3 is 5.73 Å². The van der Waals surface area contributed by atoms with Gasteiger partial charge >= 0.3 is 0 Å². The fraction of sp³-hybridized carbons (Fsp3) is 0.308. The van der Waals surface area contributed by atoms with Gasteiger partial charge in [0.25, 0.3) is 0 Å². The molecule has 0 aliphatic rings. The number of thioether (sulfide) groups is 1. The Balaban J connectivity index is 2.26. The van der Waals surface area contributed by atoms with Crippen molar-refractivity contribution in [2.24, 2.45) is 0 Å². The molecule has 0 aliphatic carbocycles. The average molecular weight is 282 g/mol. The number of nitrogens with two attached hydrogens (primary N) is 1. The first-order valence-corrected chi connectivity index (χ1v) is 7.48. The molecule has 0 bridgehead atoms. The summed E-state index contributed by atoms with van der Waals surface area (Å²) in [4.78, 5) is 4.53. The van der Waals surface area contributed by atoms with Crippen LogP contribution in [0.2, 0.25) is 0 Å². The zero-order valence-electron chi connectivity index (χ0n) is 10.3. The van der Waals surface area contributed by atoms with Crippen molar-refractivity contribution in [2.45, 2.75) is 29.9 Å². The standard InChI is InChI=1S/C13H15FN2S2/c1-3-8(2)17-13-16-11(12(15)18-13)9-4-6-10(14)7-5-9/h4-8H,3,15H2,1-2H3. The fourth-order valence-electron chi connectivity index (χ4n) is 1.43. The number of hydrogen-bond donors (Lipinski definition) is 1. The van der Waals surface area contributed by atoms with Gasteiger partial charge in [0, 0.05) is 10.8 Å². The van der Waals surface area contributed by atoms with Gasteiger partial charge in [0.1, 0.15) is 16.5 Å². The molecule has 1 unspecified atom stereocenters. The van der Waals surface area contributed by atoms with Crippen LogP contribution in [0.5, 0.6) is 0 Å². The molecule has 1 atom stereocenters. The van der Waals surface area contributed by atoms with E-state index in [1.165, 1.54) is 23.5 Å². The largest absolute Gasteiger partial charge is 0.389 e. The maximum atomic E-state index is 12.9. The molecule has 0 amide bonds. The van der Waals surface area contributed by atoms with E-state index in [0.717, 1.165) is 22.0 Å². The summed E-state index contributed by atoms with van der Waals surface area (Å²) in [5, 5.41) is 1.21. The minimum Gasteiger partial charge on any atom is -0.389 e. The highest BCUT2D eigenvalue weighted by atomic mass is 32.2. The summed E-state index contributed by atoms with van der Waals surface area (Å²) >= 11 is 3.22. The second-order valence-corrected chi connectivity index (χ2v) is 6.75. The number of nitrogens with zero attached hydrogens (tertiary/aromatic N) is 1. The zero-order chi connectivity index (χ0) is 13.1. The van der Waals surface area contributed by atoms with Crippen molar-refractivity contribution in [2.75, 3.05) is 5.73 Å². The van der Waals surface area contributed by atoms with E-state index in [2.05, 4.69) is 18.8 Å². The first kappa shape index (κ1) is 13.4. The van der Waals surface area contributed by atoms with Crippen molar-refractivity contribution in [3.63, 3.8) is 0 Å². The molecule has 0 radical (unpaired) electrons. The van der Waals surface area contributed by atoms with Gasteiger partial charge in [0.2, 0.25) is 0 Å². The Morgan fingerprint density at radius 2 is 2.06 bits per heavy atom. The van der Waals surface area contributed by atoms with E-state index in [-0.39, 0.29) is 5.82 Å². The third-order valence-corrected chi connectivity index (χ3v) is 4.87. The van der Waals surface area contributed by atoms with E-state index >= 15 is 0 Å². The third-order valence-electron chi connectivity index (χ3n) is 2.63. The van der Waals surface area contributed by atoms with Crippen LogP contribution in [0.25, 0.3) is 11.3 Å². The SMILES string of the molecule is CCC(C)Sc1nc(-c2ccc(F)cc2)c(N)s1. The smallest absolute Gasteiger partial charge is 0.152 e. The Morgan fingerprint density at radius 3 is 2.67 bits per heavy atom. The molecule has 0 saturated carbocycles. The predicted molar refractivity (Wildman–Crippen MR) is 77.5 cm³/mol. The topological polar surface area (TPSA) is 38.9 Å². The van der Waals surface area contributed by atoms with Crippen molar-refractivity contribution >= 4 is 28.1 Å². The van der Waals surface area contributed by atoms with Crippen LogP contribution < -0.4 is 5.73 Å². The van der Waals surface area contributed by atoms with E-state index in [9.17, 15) is 4.39 Å². The number of anilines is 1. The van der Waals surface area contributed by atoms with Crippen LogP contribution in [0.3, 0.4) is 0 Å². The summed E-state index contributed by atoms with van der Waals surface area (Å²) in [6.07, 6.45) is 1.09. The number of rotatable bonds is 4. The fourth-order valence-corrected chi connectivity index (χ4v) is 3.63. The quantitative estimate of drug-likeness (QED) is 0.844. The highest BCUT2D eigenvalue weighted by Crippen LogP contribution is 2.37. The molecule has 96 valence electrons. The lowest BCUT2D eigenvalue weighted by Crippen LogP contribution is -1.91. The van der Waals surface area contributed by atoms with E-state index in [4.69, 9.17) is 5.73 Å². The highest BCUT2D eigenvalue weighted by Gasteiger charge is 2.13. The Hall–Kier alpha value is -1.07. The maximum Gasteiger partial charge on any atom is 0.152 e. The normalized spacial score (nSPS) is 12.6. The maximum absolute atomic E-state index is 12.9. The first-order chi connectivity index (χ1) is 8.60. The molecule has 0 aliphatic heterocycles. The molecule has 5 heteroatoms. The van der Waals surface area contributed by atoms with Crippen LogP contribution in [0.1, 0.15) is 20.3 Å². The first-order valence-electron chi connectivity index (χ1n) is 5.79. The minimum atomic E-state index is -0.248. The second-order valence-electron chi connectivity index (χ2n) is 4.04. The summed E-state index contributed by atoms with van der Waals surface area (Å²) in [6.45, 7) is 4.31. The van der Waals surface area contributed by atoms with Crippen LogP contribution in [0.4, 0.5) is 9.39 Å². The van der Waals surface area contributed by atoms with Gasteiger partial charge in [-0.2, -0.15) is 0 Å². The molecule has 0 spiro atoms. The summed E-state index contributed by atoms with van der Waals surface area (Å²) in [5.74, 6) is -0.248. The molecule has 1 heterocycles. The molecule has 2 nitrogen and oxygen atoms in total. The highest BCUT2D eigenvalue weighted by molar-refractivity contribution is 8.01. The minimum absolute atomic E-state index is 0.248. The molecule has 18 heavy (non-hydrogen) atoms. The molecule has 2 rings (SSSR count). The van der Waals surface area contributed by atoms with Gasteiger partial charge in [0.05, 0.1) is 0 Å². The van der Waals surface area contributed by atoms with Crippen molar-refractivity contribution < 1.29 is 4.39 Å². The lowest BCUT2D eigenvalue weighted by molar-refractivity contribution is 0.628. The van der Waals surface area contributed by atoms with Gasteiger partial charge in [-0.05, 0) is 30.7 Å². The second kappa shape index (κ2) is 5.71. The predicted octanol–water partition coefficient (Wildman–Crippen LogP) is 4.42. The van der Waals surface area contributed by atoms with Crippen molar-refractivity contribution in [1.82, 2.24) is 4.98 Å². The molecule has 0 saturated heterocycles. The van der Waals surface area contributed by atoms with E-state index in [0.29, 0.717) is 10.3 Å². The Labute approximate surface area is 114 Å². The molecule has 0 fully saturated rings. The monoisotopic (exact) mass is 282 g/mol. The lowest BCUT2D eigenvalue weighted by atomic mass is 10.2. The molecule has 1 aromatic carbocycles. The van der Waals surface area contributed by atoms with E-state index < -0.39 is 0 Å². The van der Waals surface area contributed by atoms with Crippen molar-refractivity contribution in [3.8, 4) is 11.3 Å². The van der Waals surface area contributed by atoms with Gasteiger partial charge in [-0.25, -0.2) is 9.37 Å². The van der Waals surface area contributed by atoms with Gasteiger partial charge in [-0.3, -0.25) is 0 Å². The Morgan fingerprint density at radius 1 is 1.39 bits per heavy atom. The summed E-state index contributed by atoms with van der Waals surface area (Å²) in [5.41, 5.74) is 7.60. The molecule has 2 N–H and O–H groups in total. The zero-order valence-corrected chi connectivity index (χ0v) is 11.9. The number of nitrogen functional groups attached to an aromatic ring is 1. The van der Waals surface area contributed by atoms with Crippen LogP contribution in [0.15, 0.2) is 28.6 Å². The van der Waals surface area contributed by atoms with Crippen LogP contribution >= 0.6 is 23.1 Å². The third kappa shape index (κ3) is 3.03. The van der Waals surface area contributed by atoms with Gasteiger partial charge in [-0.15, -0.1) is 0 Å². The van der Waals surface area contributed by atoms with Gasteiger partial charge in [-0.1, -0.05) is 36.9 Å². The van der Waals surface area contributed by atoms with E-state index in [1.54, 1.807) is 23.9 Å². The lowest BCUT2D eigenvalue weighted by Gasteiger charge is -2.03. The Bertz CT molecular complexity index is 522. The van der Waals surface area contributed by atoms with E-state index in [1.807, 2.05) is 0 Å². The number of benzene rings is 1. The number of thiazole rings is 1. The molecule has 1 aromatic heterocycles. The number of hydrogen-bond acceptors (Lipinski definition) is 4.